The quantitative estimate of drug-likeness (QED) is 0.786. The molecule has 0 spiro atoms. The predicted molar refractivity (Wildman–Crippen MR) is 82.4 cm³/mol. The van der Waals surface area contributed by atoms with Gasteiger partial charge < -0.3 is 15.0 Å². The van der Waals surface area contributed by atoms with Crippen LogP contribution in [0.4, 0.5) is 0 Å². The molecule has 0 heterocycles. The van der Waals surface area contributed by atoms with Crippen LogP contribution in [0.3, 0.4) is 0 Å². The third-order valence-corrected chi connectivity index (χ3v) is 3.71. The van der Waals surface area contributed by atoms with E-state index in [1.54, 1.807) is 31.2 Å². The van der Waals surface area contributed by atoms with Gasteiger partial charge in [-0.15, -0.1) is 0 Å². The molecule has 0 bridgehead atoms. The lowest BCUT2D eigenvalue weighted by Crippen LogP contribution is -2.38. The fourth-order valence-electron chi connectivity index (χ4n) is 1.76. The molecule has 0 aromatic heterocycles. The Hall–Kier alpha value is -0.810. The van der Waals surface area contributed by atoms with Gasteiger partial charge in [0.2, 0.25) is 5.91 Å². The van der Waals surface area contributed by atoms with Crippen LogP contribution < -0.4 is 5.32 Å². The highest BCUT2D eigenvalue weighted by Crippen LogP contribution is 2.28. The Morgan fingerprint density at radius 1 is 1.45 bits per heavy atom. The second kappa shape index (κ2) is 8.47. The number of ether oxygens (including phenoxy) is 1. The number of halogens is 2. The first-order chi connectivity index (χ1) is 9.47. The molecule has 0 radical (unpaired) electrons. The lowest BCUT2D eigenvalue weighted by atomic mass is 10.1. The molecule has 20 heavy (non-hydrogen) atoms. The van der Waals surface area contributed by atoms with Crippen molar-refractivity contribution in [2.75, 3.05) is 33.9 Å². The zero-order valence-corrected chi connectivity index (χ0v) is 13.5. The summed E-state index contributed by atoms with van der Waals surface area (Å²) in [6.45, 7) is 3.43. The number of amides is 1. The van der Waals surface area contributed by atoms with Crippen LogP contribution in [0.1, 0.15) is 18.5 Å². The van der Waals surface area contributed by atoms with Crippen molar-refractivity contribution in [3.63, 3.8) is 0 Å². The first kappa shape index (κ1) is 17.2. The van der Waals surface area contributed by atoms with Crippen molar-refractivity contribution in [2.45, 2.75) is 13.0 Å². The molecule has 0 aliphatic heterocycles. The van der Waals surface area contributed by atoms with Gasteiger partial charge in [0.25, 0.3) is 0 Å². The van der Waals surface area contributed by atoms with E-state index in [0.29, 0.717) is 23.2 Å². The van der Waals surface area contributed by atoms with Crippen molar-refractivity contribution in [3.05, 3.63) is 33.8 Å². The topological polar surface area (TPSA) is 41.6 Å². The van der Waals surface area contributed by atoms with Crippen molar-refractivity contribution in [1.29, 1.82) is 0 Å². The second-order valence-corrected chi connectivity index (χ2v) is 5.36. The van der Waals surface area contributed by atoms with Crippen molar-refractivity contribution >= 4 is 29.1 Å². The van der Waals surface area contributed by atoms with Gasteiger partial charge in [0, 0.05) is 30.7 Å². The lowest BCUT2D eigenvalue weighted by Gasteiger charge is -2.26. The average molecular weight is 319 g/mol. The molecular weight excluding hydrogens is 299 g/mol. The SMILES string of the molecule is COCCNCC(=O)N(C)C(C)c1ccc(Cl)cc1Cl. The number of likely N-dealkylation sites (N-methyl/N-ethyl adjacent to an activating group) is 1. The number of nitrogens with zero attached hydrogens (tertiary/aromatic N) is 1. The smallest absolute Gasteiger partial charge is 0.236 e. The van der Waals surface area contributed by atoms with Crippen LogP contribution in [-0.2, 0) is 9.53 Å². The summed E-state index contributed by atoms with van der Waals surface area (Å²) < 4.78 is 4.91. The number of hydrogen-bond donors (Lipinski definition) is 1. The monoisotopic (exact) mass is 318 g/mol. The summed E-state index contributed by atoms with van der Waals surface area (Å²) in [7, 11) is 3.39. The van der Waals surface area contributed by atoms with Gasteiger partial charge in [-0.1, -0.05) is 29.3 Å². The van der Waals surface area contributed by atoms with Gasteiger partial charge in [-0.3, -0.25) is 4.79 Å². The van der Waals surface area contributed by atoms with Gasteiger partial charge in [-0.2, -0.15) is 0 Å². The van der Waals surface area contributed by atoms with Crippen LogP contribution in [0.25, 0.3) is 0 Å². The molecule has 1 unspecified atom stereocenters. The molecule has 1 N–H and O–H groups in total. The molecule has 1 aromatic rings. The van der Waals surface area contributed by atoms with Crippen molar-refractivity contribution in [2.24, 2.45) is 0 Å². The Balaban J connectivity index is 2.61. The predicted octanol–water partition coefficient (Wildman–Crippen LogP) is 2.75. The van der Waals surface area contributed by atoms with Crippen molar-refractivity contribution in [1.82, 2.24) is 10.2 Å². The first-order valence-corrected chi connectivity index (χ1v) is 7.13. The first-order valence-electron chi connectivity index (χ1n) is 6.37. The Kier molecular flexibility index (Phi) is 7.30. The molecule has 4 nitrogen and oxygen atoms in total. The molecule has 1 atom stereocenters. The molecule has 6 heteroatoms. The normalized spacial score (nSPS) is 12.2. The summed E-state index contributed by atoms with van der Waals surface area (Å²) in [5.74, 6) is -0.000352. The molecule has 0 aliphatic rings. The summed E-state index contributed by atoms with van der Waals surface area (Å²) in [6.07, 6.45) is 0. The number of hydrogen-bond acceptors (Lipinski definition) is 3. The number of methoxy groups -OCH3 is 1. The summed E-state index contributed by atoms with van der Waals surface area (Å²) >= 11 is 12.0. The molecule has 1 amide bonds. The van der Waals surface area contributed by atoms with Crippen molar-refractivity contribution in [3.8, 4) is 0 Å². The van der Waals surface area contributed by atoms with E-state index in [9.17, 15) is 4.79 Å². The fourth-order valence-corrected chi connectivity index (χ4v) is 2.33. The summed E-state index contributed by atoms with van der Waals surface area (Å²) in [6, 6.07) is 5.19. The van der Waals surface area contributed by atoms with Gasteiger partial charge in [0.1, 0.15) is 0 Å². The fraction of sp³-hybridized carbons (Fsp3) is 0.500. The molecule has 1 aromatic carbocycles. The molecular formula is C14H20Cl2N2O2. The van der Waals surface area contributed by atoms with E-state index < -0.39 is 0 Å². The van der Waals surface area contributed by atoms with Crippen molar-refractivity contribution < 1.29 is 9.53 Å². The van der Waals surface area contributed by atoms with E-state index in [1.807, 2.05) is 13.0 Å². The van der Waals surface area contributed by atoms with Crippen LogP contribution >= 0.6 is 23.2 Å². The minimum absolute atomic E-state index is 0.000352. The Labute approximate surface area is 130 Å². The standard InChI is InChI=1S/C14H20Cl2N2O2/c1-10(12-5-4-11(15)8-13(12)16)18(2)14(19)9-17-6-7-20-3/h4-5,8,10,17H,6-7,9H2,1-3H3. The number of rotatable bonds is 7. The summed E-state index contributed by atoms with van der Waals surface area (Å²) in [5.41, 5.74) is 0.879. The second-order valence-electron chi connectivity index (χ2n) is 4.52. The van der Waals surface area contributed by atoms with E-state index in [-0.39, 0.29) is 18.5 Å². The third kappa shape index (κ3) is 4.94. The molecule has 0 saturated heterocycles. The molecule has 0 fully saturated rings. The van der Waals surface area contributed by atoms with Gasteiger partial charge in [0.05, 0.1) is 19.2 Å². The highest BCUT2D eigenvalue weighted by Gasteiger charge is 2.19. The van der Waals surface area contributed by atoms with Gasteiger partial charge in [-0.05, 0) is 24.6 Å². The summed E-state index contributed by atoms with van der Waals surface area (Å²) in [5, 5.41) is 4.18. The van der Waals surface area contributed by atoms with Crippen LogP contribution in [0, 0.1) is 0 Å². The maximum atomic E-state index is 12.1. The average Bonchev–Trinajstić information content (AvgIpc) is 2.42. The number of carbonyl (C=O) groups excluding carboxylic acids is 1. The zero-order chi connectivity index (χ0) is 15.1. The zero-order valence-electron chi connectivity index (χ0n) is 12.0. The van der Waals surface area contributed by atoms with E-state index in [1.165, 1.54) is 0 Å². The Morgan fingerprint density at radius 3 is 2.75 bits per heavy atom. The van der Waals surface area contributed by atoms with Gasteiger partial charge >= 0.3 is 0 Å². The number of nitrogens with one attached hydrogen (secondary N) is 1. The molecule has 112 valence electrons. The number of benzene rings is 1. The van der Waals surface area contributed by atoms with E-state index in [4.69, 9.17) is 27.9 Å². The summed E-state index contributed by atoms with van der Waals surface area (Å²) in [4.78, 5) is 13.7. The Bertz CT molecular complexity index is 455. The highest BCUT2D eigenvalue weighted by molar-refractivity contribution is 6.35. The largest absolute Gasteiger partial charge is 0.383 e. The Morgan fingerprint density at radius 2 is 2.15 bits per heavy atom. The maximum Gasteiger partial charge on any atom is 0.236 e. The van der Waals surface area contributed by atoms with Gasteiger partial charge in [0.15, 0.2) is 0 Å². The third-order valence-electron chi connectivity index (χ3n) is 3.15. The molecule has 0 saturated carbocycles. The highest BCUT2D eigenvalue weighted by atomic mass is 35.5. The lowest BCUT2D eigenvalue weighted by molar-refractivity contribution is -0.130. The van der Waals surface area contributed by atoms with Crippen LogP contribution in [-0.4, -0.2) is 44.7 Å². The molecule has 1 rings (SSSR count). The minimum Gasteiger partial charge on any atom is -0.383 e. The maximum absolute atomic E-state index is 12.1. The van der Waals surface area contributed by atoms with E-state index in [0.717, 1.165) is 5.56 Å². The van der Waals surface area contributed by atoms with Crippen LogP contribution in [0.2, 0.25) is 10.0 Å². The van der Waals surface area contributed by atoms with Gasteiger partial charge in [-0.25, -0.2) is 0 Å². The van der Waals surface area contributed by atoms with E-state index in [2.05, 4.69) is 5.32 Å². The minimum atomic E-state index is -0.114. The van der Waals surface area contributed by atoms with E-state index >= 15 is 0 Å². The molecule has 0 aliphatic carbocycles. The number of carbonyl (C=O) groups is 1. The van der Waals surface area contributed by atoms with Crippen LogP contribution in [0.5, 0.6) is 0 Å². The van der Waals surface area contributed by atoms with Crippen LogP contribution in [0.15, 0.2) is 18.2 Å².